The lowest BCUT2D eigenvalue weighted by Gasteiger charge is -2.21. The summed E-state index contributed by atoms with van der Waals surface area (Å²) in [6.07, 6.45) is 12.9. The molecule has 236 valence electrons. The van der Waals surface area contributed by atoms with Crippen LogP contribution in [0, 0.1) is 0 Å². The fourth-order valence-electron chi connectivity index (χ4n) is 7.47. The average Bonchev–Trinajstić information content (AvgIpc) is 3.94. The van der Waals surface area contributed by atoms with Crippen LogP contribution >= 0.6 is 0 Å². The highest BCUT2D eigenvalue weighted by Crippen LogP contribution is 2.30. The van der Waals surface area contributed by atoms with Crippen LogP contribution in [0.1, 0.15) is 12.8 Å². The Hall–Kier alpha value is -5.82. The van der Waals surface area contributed by atoms with E-state index < -0.39 is 0 Å². The number of fused-ring (bicyclic) bond motifs is 6. The number of hydrogen-bond donors (Lipinski definition) is 0. The van der Waals surface area contributed by atoms with Crippen LogP contribution in [0.5, 0.6) is 0 Å². The molecule has 48 heavy (non-hydrogen) atoms. The maximum atomic E-state index is 5.04. The van der Waals surface area contributed by atoms with Crippen molar-refractivity contribution in [2.24, 2.45) is 0 Å². The number of benzene rings is 4. The van der Waals surface area contributed by atoms with Gasteiger partial charge in [0.05, 0.1) is 13.2 Å². The van der Waals surface area contributed by atoms with Gasteiger partial charge in [0.15, 0.2) is 0 Å². The molecule has 0 bridgehead atoms. The number of rotatable bonds is 10. The van der Waals surface area contributed by atoms with E-state index in [1.54, 1.807) is 0 Å². The van der Waals surface area contributed by atoms with Crippen molar-refractivity contribution in [3.8, 4) is 5.82 Å². The first-order valence-corrected chi connectivity index (χ1v) is 17.0. The lowest BCUT2D eigenvalue weighted by molar-refractivity contribution is -0.696. The summed E-state index contributed by atoms with van der Waals surface area (Å²) in [4.78, 5) is 9.65. The molecule has 0 spiro atoms. The number of hydrogen-bond acceptors (Lipinski definition) is 3. The van der Waals surface area contributed by atoms with Crippen LogP contribution in [0.2, 0.25) is 0 Å². The van der Waals surface area contributed by atoms with Crippen molar-refractivity contribution >= 4 is 49.4 Å². The molecular formula is C41H38N7+. The highest BCUT2D eigenvalue weighted by atomic mass is 15.4. The zero-order chi connectivity index (χ0) is 31.9. The second-order valence-electron chi connectivity index (χ2n) is 12.7. The molecule has 4 aromatic heterocycles. The molecule has 0 fully saturated rings. The van der Waals surface area contributed by atoms with Gasteiger partial charge in [-0.15, -0.1) is 0 Å². The largest absolute Gasteiger partial charge is 0.358 e. The molecule has 8 aromatic rings. The van der Waals surface area contributed by atoms with E-state index in [4.69, 9.17) is 4.98 Å². The maximum absolute atomic E-state index is 5.04. The molecule has 0 saturated heterocycles. The molecule has 0 N–H and O–H groups in total. The lowest BCUT2D eigenvalue weighted by Crippen LogP contribution is -2.31. The number of para-hydroxylation sites is 4. The molecule has 1 aliphatic rings. The fraction of sp³-hybridized carbons (Fsp3) is 0.171. The minimum atomic E-state index is 0.804. The van der Waals surface area contributed by atoms with E-state index in [1.807, 2.05) is 0 Å². The van der Waals surface area contributed by atoms with Crippen molar-refractivity contribution < 1.29 is 4.57 Å². The Morgan fingerprint density at radius 1 is 0.542 bits per heavy atom. The Labute approximate surface area is 279 Å². The molecule has 0 radical (unpaired) electrons. The third-order valence-corrected chi connectivity index (χ3v) is 9.75. The number of pyridine rings is 1. The SMILES string of the molecule is C1=CN(c2cccc(-n3cc[n+](CCCn4c5ccccc5c5ccccc54)c3)n2)CN1CCCn1c2ccccc2c2ccccc21. The topological polar surface area (TPSA) is 38.0 Å². The Bertz CT molecular complexity index is 2320. The Kier molecular flexibility index (Phi) is 7.15. The normalized spacial score (nSPS) is 13.2. The van der Waals surface area contributed by atoms with E-state index in [0.29, 0.717) is 0 Å². The second kappa shape index (κ2) is 12.1. The van der Waals surface area contributed by atoms with Crippen LogP contribution < -0.4 is 9.47 Å². The van der Waals surface area contributed by atoms with Crippen molar-refractivity contribution in [3.63, 3.8) is 0 Å². The van der Waals surface area contributed by atoms with Crippen LogP contribution in [0.4, 0.5) is 5.82 Å². The van der Waals surface area contributed by atoms with E-state index in [2.05, 4.69) is 174 Å². The quantitative estimate of drug-likeness (QED) is 0.144. The standard InChI is InChI=1S/C41H38N7/c1-5-16-36-32(12-1)33-13-2-6-17-37(33)47(36)24-10-22-43-26-28-45(30-43)40-20-9-21-41(42-40)46-29-27-44(31-46)23-11-25-48-38-18-7-3-14-34(38)35-15-4-8-19-39(35)48/h1-9,12-21,26-30H,10-11,22-25,31H2/q+1. The minimum Gasteiger partial charge on any atom is -0.358 e. The number of anilines is 1. The molecule has 0 atom stereocenters. The zero-order valence-electron chi connectivity index (χ0n) is 26.9. The second-order valence-corrected chi connectivity index (χ2v) is 12.7. The molecule has 0 aliphatic carbocycles. The predicted molar refractivity (Wildman–Crippen MR) is 195 cm³/mol. The molecule has 5 heterocycles. The monoisotopic (exact) mass is 628 g/mol. The zero-order valence-corrected chi connectivity index (χ0v) is 26.9. The molecule has 9 rings (SSSR count). The average molecular weight is 629 g/mol. The van der Waals surface area contributed by atoms with Gasteiger partial charge in [0, 0.05) is 88.1 Å². The molecule has 7 nitrogen and oxygen atoms in total. The van der Waals surface area contributed by atoms with Gasteiger partial charge in [0.25, 0.3) is 0 Å². The Morgan fingerprint density at radius 3 is 1.69 bits per heavy atom. The van der Waals surface area contributed by atoms with Crippen molar-refractivity contribution in [1.29, 1.82) is 0 Å². The predicted octanol–water partition coefficient (Wildman–Crippen LogP) is 8.11. The van der Waals surface area contributed by atoms with Crippen molar-refractivity contribution in [1.82, 2.24) is 23.6 Å². The summed E-state index contributed by atoms with van der Waals surface area (Å²) < 4.78 is 9.32. The van der Waals surface area contributed by atoms with E-state index in [1.165, 1.54) is 43.6 Å². The number of aromatic nitrogens is 5. The number of nitrogens with zero attached hydrogens (tertiary/aromatic N) is 7. The van der Waals surface area contributed by atoms with E-state index in [0.717, 1.165) is 57.3 Å². The number of aryl methyl sites for hydroxylation is 3. The van der Waals surface area contributed by atoms with Crippen LogP contribution in [-0.2, 0) is 19.6 Å². The fourth-order valence-corrected chi connectivity index (χ4v) is 7.47. The van der Waals surface area contributed by atoms with Gasteiger partial charge in [-0.1, -0.05) is 78.9 Å². The molecule has 0 amide bonds. The van der Waals surface area contributed by atoms with Crippen LogP contribution in [0.25, 0.3) is 49.4 Å². The molecular weight excluding hydrogens is 591 g/mol. The first kappa shape index (κ1) is 28.4. The third kappa shape index (κ3) is 5.08. The third-order valence-electron chi connectivity index (χ3n) is 9.75. The Morgan fingerprint density at radius 2 is 1.08 bits per heavy atom. The molecule has 0 saturated carbocycles. The molecule has 1 aliphatic heterocycles. The highest BCUT2D eigenvalue weighted by Gasteiger charge is 2.18. The highest BCUT2D eigenvalue weighted by molar-refractivity contribution is 6.08. The van der Waals surface area contributed by atoms with Crippen LogP contribution in [-0.4, -0.2) is 36.8 Å². The van der Waals surface area contributed by atoms with Crippen molar-refractivity contribution in [2.75, 3.05) is 18.1 Å². The summed E-state index contributed by atoms with van der Waals surface area (Å²) in [5.74, 6) is 1.88. The van der Waals surface area contributed by atoms with Gasteiger partial charge >= 0.3 is 0 Å². The van der Waals surface area contributed by atoms with E-state index in [9.17, 15) is 0 Å². The van der Waals surface area contributed by atoms with E-state index >= 15 is 0 Å². The van der Waals surface area contributed by atoms with Gasteiger partial charge < -0.3 is 18.9 Å². The van der Waals surface area contributed by atoms with Gasteiger partial charge in [0.2, 0.25) is 12.1 Å². The molecule has 0 unspecified atom stereocenters. The van der Waals surface area contributed by atoms with Crippen molar-refractivity contribution in [2.45, 2.75) is 32.5 Å². The smallest absolute Gasteiger partial charge is 0.250 e. The van der Waals surface area contributed by atoms with Crippen LogP contribution in [0.3, 0.4) is 0 Å². The minimum absolute atomic E-state index is 0.804. The van der Waals surface area contributed by atoms with Crippen LogP contribution in [0.15, 0.2) is 146 Å². The molecule has 7 heteroatoms. The van der Waals surface area contributed by atoms with Crippen molar-refractivity contribution in [3.05, 3.63) is 146 Å². The first-order valence-electron chi connectivity index (χ1n) is 17.0. The summed E-state index contributed by atoms with van der Waals surface area (Å²) in [6.45, 7) is 4.68. The Balaban J connectivity index is 0.827. The van der Waals surface area contributed by atoms with E-state index in [-0.39, 0.29) is 0 Å². The van der Waals surface area contributed by atoms with Gasteiger partial charge in [-0.3, -0.25) is 0 Å². The molecule has 4 aromatic carbocycles. The number of imidazole rings is 1. The summed E-state index contributed by atoms with van der Waals surface area (Å²) in [6, 6.07) is 41.2. The summed E-state index contributed by atoms with van der Waals surface area (Å²) in [7, 11) is 0. The van der Waals surface area contributed by atoms with Gasteiger partial charge in [-0.05, 0) is 36.8 Å². The summed E-state index contributed by atoms with van der Waals surface area (Å²) in [5, 5.41) is 5.32. The summed E-state index contributed by atoms with van der Waals surface area (Å²) >= 11 is 0. The van der Waals surface area contributed by atoms with Gasteiger partial charge in [0.1, 0.15) is 18.2 Å². The maximum Gasteiger partial charge on any atom is 0.250 e. The summed E-state index contributed by atoms with van der Waals surface area (Å²) in [5.41, 5.74) is 5.24. The van der Waals surface area contributed by atoms with Gasteiger partial charge in [-0.2, -0.15) is 9.55 Å². The lowest BCUT2D eigenvalue weighted by atomic mass is 10.2. The first-order chi connectivity index (χ1) is 23.8. The van der Waals surface area contributed by atoms with Gasteiger partial charge in [-0.25, -0.2) is 4.57 Å².